The van der Waals surface area contributed by atoms with E-state index in [1.54, 1.807) is 4.68 Å². The van der Waals surface area contributed by atoms with Gasteiger partial charge in [0.15, 0.2) is 0 Å². The molecule has 3 rings (SSSR count). The third-order valence-corrected chi connectivity index (χ3v) is 4.07. The van der Waals surface area contributed by atoms with Gasteiger partial charge in [-0.1, -0.05) is 18.2 Å². The summed E-state index contributed by atoms with van der Waals surface area (Å²) in [5.74, 6) is 0.944. The predicted molar refractivity (Wildman–Crippen MR) is 94.2 cm³/mol. The van der Waals surface area contributed by atoms with Crippen LogP contribution in [0.4, 0.5) is 10.6 Å². The number of anilines is 1. The van der Waals surface area contributed by atoms with Crippen molar-refractivity contribution >= 4 is 11.8 Å². The van der Waals surface area contributed by atoms with Gasteiger partial charge >= 0.3 is 6.03 Å². The highest BCUT2D eigenvalue weighted by Crippen LogP contribution is 2.28. The number of benzene rings is 1. The Balaban J connectivity index is 1.82. The summed E-state index contributed by atoms with van der Waals surface area (Å²) in [6.45, 7) is 4.65. The Labute approximate surface area is 146 Å². The van der Waals surface area contributed by atoms with E-state index in [9.17, 15) is 4.79 Å². The molecule has 2 amide bonds. The Kier molecular flexibility index (Phi) is 5.20. The first-order valence-corrected chi connectivity index (χ1v) is 8.19. The minimum absolute atomic E-state index is 0.00688. The summed E-state index contributed by atoms with van der Waals surface area (Å²) in [6, 6.07) is 8.83. The van der Waals surface area contributed by atoms with Crippen LogP contribution >= 0.6 is 0 Å². The highest BCUT2D eigenvalue weighted by atomic mass is 16.5. The molecule has 8 nitrogen and oxygen atoms in total. The lowest BCUT2D eigenvalue weighted by Gasteiger charge is -2.29. The molecule has 3 N–H and O–H groups in total. The average Bonchev–Trinajstić information content (AvgIpc) is 2.90. The summed E-state index contributed by atoms with van der Waals surface area (Å²) >= 11 is 0. The van der Waals surface area contributed by atoms with E-state index >= 15 is 0 Å². The van der Waals surface area contributed by atoms with Crippen molar-refractivity contribution in [2.24, 2.45) is 5.73 Å². The maximum atomic E-state index is 11.4. The smallest absolute Gasteiger partial charge is 0.317 e. The molecule has 1 aromatic heterocycles. The van der Waals surface area contributed by atoms with Crippen LogP contribution in [0.1, 0.15) is 5.56 Å². The molecule has 1 aromatic carbocycles. The summed E-state index contributed by atoms with van der Waals surface area (Å²) < 4.78 is 13.2. The number of para-hydroxylation sites is 1. The van der Waals surface area contributed by atoms with Crippen LogP contribution < -0.4 is 15.8 Å². The van der Waals surface area contributed by atoms with Gasteiger partial charge in [-0.05, 0) is 26.1 Å². The van der Waals surface area contributed by atoms with Crippen molar-refractivity contribution in [1.29, 1.82) is 0 Å². The highest BCUT2D eigenvalue weighted by Gasteiger charge is 2.22. The quantitative estimate of drug-likeness (QED) is 0.854. The standard InChI is InChI=1S/C17H23N5O3/c1-12-15(19-17(18)23)22(13-6-4-3-5-7-13)20-16(12)25-11-14-10-21(2)8-9-24-14/h3-7,14H,8-11H2,1-2H3,(H3,18,19,23)/t14-/m0/s1. The van der Waals surface area contributed by atoms with Crippen molar-refractivity contribution in [3.63, 3.8) is 0 Å². The lowest BCUT2D eigenvalue weighted by atomic mass is 10.3. The number of nitrogens with two attached hydrogens (primary N) is 1. The second-order valence-corrected chi connectivity index (χ2v) is 6.08. The fourth-order valence-electron chi connectivity index (χ4n) is 2.77. The first-order valence-electron chi connectivity index (χ1n) is 8.19. The van der Waals surface area contributed by atoms with Crippen molar-refractivity contribution in [2.45, 2.75) is 13.0 Å². The second-order valence-electron chi connectivity index (χ2n) is 6.08. The number of nitrogens with zero attached hydrogens (tertiary/aromatic N) is 3. The van der Waals surface area contributed by atoms with E-state index in [0.29, 0.717) is 30.5 Å². The Morgan fingerprint density at radius 2 is 2.20 bits per heavy atom. The van der Waals surface area contributed by atoms with Crippen LogP contribution in [0.3, 0.4) is 0 Å². The van der Waals surface area contributed by atoms with Gasteiger partial charge in [-0.15, -0.1) is 5.10 Å². The van der Waals surface area contributed by atoms with Gasteiger partial charge in [0.1, 0.15) is 18.5 Å². The lowest BCUT2D eigenvalue weighted by Crippen LogP contribution is -2.42. The number of primary amides is 1. The van der Waals surface area contributed by atoms with E-state index < -0.39 is 6.03 Å². The van der Waals surface area contributed by atoms with E-state index in [0.717, 1.165) is 18.8 Å². The summed E-state index contributed by atoms with van der Waals surface area (Å²) in [5.41, 5.74) is 6.82. The van der Waals surface area contributed by atoms with E-state index in [1.165, 1.54) is 0 Å². The molecule has 0 unspecified atom stereocenters. The monoisotopic (exact) mass is 345 g/mol. The zero-order chi connectivity index (χ0) is 17.8. The molecule has 2 heterocycles. The number of amides is 2. The molecule has 0 saturated carbocycles. The summed E-state index contributed by atoms with van der Waals surface area (Å²) in [5, 5.41) is 7.12. The molecule has 2 aromatic rings. The van der Waals surface area contributed by atoms with E-state index in [1.807, 2.05) is 37.3 Å². The number of hydrogen-bond donors (Lipinski definition) is 2. The highest BCUT2D eigenvalue weighted by molar-refractivity contribution is 5.88. The van der Waals surface area contributed by atoms with Crippen LogP contribution in [-0.4, -0.2) is 60.2 Å². The van der Waals surface area contributed by atoms with Gasteiger partial charge in [-0.3, -0.25) is 5.32 Å². The number of hydrogen-bond acceptors (Lipinski definition) is 5. The van der Waals surface area contributed by atoms with Crippen LogP contribution in [0, 0.1) is 6.92 Å². The number of ether oxygens (including phenoxy) is 2. The molecule has 1 atom stereocenters. The Morgan fingerprint density at radius 3 is 2.88 bits per heavy atom. The number of aromatic nitrogens is 2. The SMILES string of the molecule is Cc1c(OC[C@@H]2CN(C)CCO2)nn(-c2ccccc2)c1NC(N)=O. The molecular formula is C17H23N5O3. The third kappa shape index (κ3) is 4.09. The van der Waals surface area contributed by atoms with Gasteiger partial charge in [-0.25, -0.2) is 9.48 Å². The van der Waals surface area contributed by atoms with Gasteiger partial charge in [0.25, 0.3) is 0 Å². The second kappa shape index (κ2) is 7.54. The number of rotatable bonds is 5. The Hall–Kier alpha value is -2.58. The summed E-state index contributed by atoms with van der Waals surface area (Å²) in [7, 11) is 2.06. The third-order valence-electron chi connectivity index (χ3n) is 4.07. The van der Waals surface area contributed by atoms with Gasteiger partial charge in [0.05, 0.1) is 17.9 Å². The number of carbonyl (C=O) groups is 1. The van der Waals surface area contributed by atoms with Crippen LogP contribution in [0.25, 0.3) is 5.69 Å². The van der Waals surface area contributed by atoms with Gasteiger partial charge in [-0.2, -0.15) is 0 Å². The molecule has 0 bridgehead atoms. The molecule has 1 aliphatic heterocycles. The minimum atomic E-state index is -0.649. The van der Waals surface area contributed by atoms with Crippen molar-refractivity contribution in [3.8, 4) is 11.6 Å². The van der Waals surface area contributed by atoms with Crippen molar-refractivity contribution in [2.75, 3.05) is 38.7 Å². The van der Waals surface area contributed by atoms with Gasteiger partial charge in [0.2, 0.25) is 5.88 Å². The molecule has 0 spiro atoms. The average molecular weight is 345 g/mol. The molecule has 0 aliphatic carbocycles. The summed E-state index contributed by atoms with van der Waals surface area (Å²) in [4.78, 5) is 13.6. The molecule has 25 heavy (non-hydrogen) atoms. The maximum Gasteiger partial charge on any atom is 0.317 e. The lowest BCUT2D eigenvalue weighted by molar-refractivity contribution is -0.0411. The van der Waals surface area contributed by atoms with Crippen molar-refractivity contribution in [1.82, 2.24) is 14.7 Å². The van der Waals surface area contributed by atoms with Crippen molar-refractivity contribution in [3.05, 3.63) is 35.9 Å². The molecule has 1 fully saturated rings. The first-order chi connectivity index (χ1) is 12.0. The molecule has 8 heteroatoms. The van der Waals surface area contributed by atoms with Crippen LogP contribution in [-0.2, 0) is 4.74 Å². The van der Waals surface area contributed by atoms with Crippen LogP contribution in [0.5, 0.6) is 5.88 Å². The van der Waals surface area contributed by atoms with E-state index in [-0.39, 0.29) is 6.10 Å². The molecule has 1 saturated heterocycles. The largest absolute Gasteiger partial charge is 0.474 e. The van der Waals surface area contributed by atoms with Gasteiger partial charge < -0.3 is 20.1 Å². The Morgan fingerprint density at radius 1 is 1.44 bits per heavy atom. The maximum absolute atomic E-state index is 11.4. The fourth-order valence-corrected chi connectivity index (χ4v) is 2.77. The molecule has 0 radical (unpaired) electrons. The fraction of sp³-hybridized carbons (Fsp3) is 0.412. The summed E-state index contributed by atoms with van der Waals surface area (Å²) in [6.07, 6.45) is -0.00688. The number of nitrogens with one attached hydrogen (secondary N) is 1. The van der Waals surface area contributed by atoms with Crippen LogP contribution in [0.15, 0.2) is 30.3 Å². The Bertz CT molecular complexity index is 731. The predicted octanol–water partition coefficient (Wildman–Crippen LogP) is 1.38. The molecular weight excluding hydrogens is 322 g/mol. The normalized spacial score (nSPS) is 18.1. The van der Waals surface area contributed by atoms with Crippen molar-refractivity contribution < 1.29 is 14.3 Å². The number of urea groups is 1. The zero-order valence-corrected chi connectivity index (χ0v) is 14.4. The number of morpholine rings is 1. The molecule has 1 aliphatic rings. The topological polar surface area (TPSA) is 94.6 Å². The van der Waals surface area contributed by atoms with E-state index in [4.69, 9.17) is 15.2 Å². The van der Waals surface area contributed by atoms with Gasteiger partial charge in [0, 0.05) is 13.1 Å². The zero-order valence-electron chi connectivity index (χ0n) is 14.4. The number of carbonyl (C=O) groups excluding carboxylic acids is 1. The molecule has 134 valence electrons. The number of likely N-dealkylation sites (N-methyl/N-ethyl adjacent to an activating group) is 1. The minimum Gasteiger partial charge on any atom is -0.474 e. The van der Waals surface area contributed by atoms with Crippen LogP contribution in [0.2, 0.25) is 0 Å². The first kappa shape index (κ1) is 17.2. The van der Waals surface area contributed by atoms with E-state index in [2.05, 4.69) is 22.4 Å².